The molecule has 0 spiro atoms. The number of nitrogens with zero attached hydrogens (tertiary/aromatic N) is 3. The second-order valence-electron chi connectivity index (χ2n) is 6.06. The molecule has 2 unspecified atom stereocenters. The van der Waals surface area contributed by atoms with Gasteiger partial charge in [0.25, 0.3) is 5.91 Å². The van der Waals surface area contributed by atoms with E-state index in [0.717, 1.165) is 25.1 Å². The van der Waals surface area contributed by atoms with Crippen LogP contribution >= 0.6 is 0 Å². The molecule has 2 heterocycles. The smallest absolute Gasteiger partial charge is 0.274 e. The van der Waals surface area contributed by atoms with Crippen LogP contribution in [0.1, 0.15) is 55.2 Å². The van der Waals surface area contributed by atoms with E-state index in [-0.39, 0.29) is 5.91 Å². The third-order valence-electron chi connectivity index (χ3n) is 4.95. The number of nitrogen functional groups attached to an aromatic ring is 1. The molecule has 0 aromatic carbocycles. The van der Waals surface area contributed by atoms with Gasteiger partial charge in [0.1, 0.15) is 5.69 Å². The molecule has 110 valence electrons. The molecule has 1 saturated heterocycles. The van der Waals surface area contributed by atoms with Crippen LogP contribution < -0.4 is 5.73 Å². The standard InChI is InChI=1S/C15H24N4O/c1-3-19-14(13(16)10(2)17-19)15(20)18-9-8-11-6-4-5-7-12(11)18/h11-12H,3-9,16H2,1-2H3. The number of carbonyl (C=O) groups excluding carboxylic acids is 1. The third-order valence-corrected chi connectivity index (χ3v) is 4.95. The van der Waals surface area contributed by atoms with Gasteiger partial charge in [-0.25, -0.2) is 0 Å². The molecule has 1 aromatic rings. The van der Waals surface area contributed by atoms with E-state index in [1.807, 2.05) is 13.8 Å². The largest absolute Gasteiger partial charge is 0.395 e. The lowest BCUT2D eigenvalue weighted by molar-refractivity contribution is 0.0678. The molecule has 2 aliphatic rings. The molecule has 20 heavy (non-hydrogen) atoms. The fourth-order valence-electron chi connectivity index (χ4n) is 3.84. The van der Waals surface area contributed by atoms with Crippen LogP contribution in [0.3, 0.4) is 0 Å². The summed E-state index contributed by atoms with van der Waals surface area (Å²) < 4.78 is 1.75. The number of likely N-dealkylation sites (tertiary alicyclic amines) is 1. The number of rotatable bonds is 2. The number of hydrogen-bond acceptors (Lipinski definition) is 3. The molecule has 2 atom stereocenters. The Morgan fingerprint density at radius 1 is 1.35 bits per heavy atom. The van der Waals surface area contributed by atoms with Crippen molar-refractivity contribution in [1.29, 1.82) is 0 Å². The lowest BCUT2D eigenvalue weighted by atomic mass is 9.85. The van der Waals surface area contributed by atoms with Crippen LogP contribution in [0.2, 0.25) is 0 Å². The maximum Gasteiger partial charge on any atom is 0.274 e. The van der Waals surface area contributed by atoms with E-state index in [1.54, 1.807) is 4.68 Å². The van der Waals surface area contributed by atoms with Gasteiger partial charge in [-0.05, 0) is 39.0 Å². The fraction of sp³-hybridized carbons (Fsp3) is 0.733. The Morgan fingerprint density at radius 2 is 2.10 bits per heavy atom. The minimum atomic E-state index is 0.0827. The van der Waals surface area contributed by atoms with Crippen LogP contribution in [0, 0.1) is 12.8 Å². The number of aromatic nitrogens is 2. The summed E-state index contributed by atoms with van der Waals surface area (Å²) in [4.78, 5) is 15.0. The number of hydrogen-bond donors (Lipinski definition) is 1. The molecule has 1 aromatic heterocycles. The lowest BCUT2D eigenvalue weighted by Crippen LogP contribution is -2.40. The van der Waals surface area contributed by atoms with Gasteiger partial charge in [0.05, 0.1) is 11.4 Å². The van der Waals surface area contributed by atoms with Crippen LogP contribution in [-0.4, -0.2) is 33.2 Å². The maximum atomic E-state index is 12.9. The molecule has 1 aliphatic heterocycles. The van der Waals surface area contributed by atoms with Gasteiger partial charge in [0.2, 0.25) is 0 Å². The van der Waals surface area contributed by atoms with Gasteiger partial charge < -0.3 is 10.6 Å². The molecule has 2 N–H and O–H groups in total. The monoisotopic (exact) mass is 276 g/mol. The Labute approximate surface area is 120 Å². The van der Waals surface area contributed by atoms with Gasteiger partial charge in [-0.1, -0.05) is 12.8 Å². The predicted molar refractivity (Wildman–Crippen MR) is 78.4 cm³/mol. The van der Waals surface area contributed by atoms with E-state index in [0.29, 0.717) is 29.9 Å². The summed E-state index contributed by atoms with van der Waals surface area (Å²) in [5, 5.41) is 4.37. The molecule has 0 radical (unpaired) electrons. The van der Waals surface area contributed by atoms with E-state index in [1.165, 1.54) is 19.3 Å². The first-order valence-corrected chi connectivity index (χ1v) is 7.77. The van der Waals surface area contributed by atoms with Gasteiger partial charge in [0.15, 0.2) is 0 Å². The first-order chi connectivity index (χ1) is 9.63. The summed E-state index contributed by atoms with van der Waals surface area (Å²) >= 11 is 0. The van der Waals surface area contributed by atoms with Gasteiger partial charge in [-0.15, -0.1) is 0 Å². The van der Waals surface area contributed by atoms with Crippen molar-refractivity contribution >= 4 is 11.6 Å². The topological polar surface area (TPSA) is 64.2 Å². The van der Waals surface area contributed by atoms with E-state index < -0.39 is 0 Å². The number of carbonyl (C=O) groups is 1. The highest BCUT2D eigenvalue weighted by Gasteiger charge is 2.39. The first kappa shape index (κ1) is 13.5. The average molecular weight is 276 g/mol. The van der Waals surface area contributed by atoms with Crippen molar-refractivity contribution in [3.05, 3.63) is 11.4 Å². The van der Waals surface area contributed by atoms with Crippen LogP contribution in [-0.2, 0) is 6.54 Å². The molecule has 2 fully saturated rings. The number of anilines is 1. The van der Waals surface area contributed by atoms with Crippen molar-refractivity contribution in [2.75, 3.05) is 12.3 Å². The Bertz CT molecular complexity index is 522. The predicted octanol–water partition coefficient (Wildman–Crippen LogP) is 2.20. The number of fused-ring (bicyclic) bond motifs is 1. The first-order valence-electron chi connectivity index (χ1n) is 7.77. The summed E-state index contributed by atoms with van der Waals surface area (Å²) in [5.41, 5.74) is 7.99. The highest BCUT2D eigenvalue weighted by Crippen LogP contribution is 2.37. The second-order valence-corrected chi connectivity index (χ2v) is 6.06. The van der Waals surface area contributed by atoms with Crippen LogP contribution in [0.15, 0.2) is 0 Å². The summed E-state index contributed by atoms with van der Waals surface area (Å²) in [7, 11) is 0. The van der Waals surface area contributed by atoms with Gasteiger partial charge in [-0.3, -0.25) is 9.48 Å². The Kier molecular flexibility index (Phi) is 3.44. The van der Waals surface area contributed by atoms with Crippen molar-refractivity contribution < 1.29 is 4.79 Å². The van der Waals surface area contributed by atoms with Crippen molar-refractivity contribution in [2.45, 2.75) is 58.5 Å². The van der Waals surface area contributed by atoms with Gasteiger partial charge >= 0.3 is 0 Å². The summed E-state index contributed by atoms with van der Waals surface area (Å²) in [6.07, 6.45) is 6.13. The third kappa shape index (κ3) is 2.00. The normalized spacial score (nSPS) is 25.8. The van der Waals surface area contributed by atoms with E-state index in [9.17, 15) is 4.79 Å². The molecule has 1 aliphatic carbocycles. The van der Waals surface area contributed by atoms with Crippen LogP contribution in [0.4, 0.5) is 5.69 Å². The number of nitrogens with two attached hydrogens (primary N) is 1. The highest BCUT2D eigenvalue weighted by atomic mass is 16.2. The minimum Gasteiger partial charge on any atom is -0.395 e. The number of aryl methyl sites for hydroxylation is 2. The van der Waals surface area contributed by atoms with Crippen molar-refractivity contribution in [3.8, 4) is 0 Å². The van der Waals surface area contributed by atoms with E-state index in [4.69, 9.17) is 5.73 Å². The fourth-order valence-corrected chi connectivity index (χ4v) is 3.84. The maximum absolute atomic E-state index is 12.9. The molecule has 0 bridgehead atoms. The number of amides is 1. The highest BCUT2D eigenvalue weighted by molar-refractivity contribution is 5.98. The molecular formula is C15H24N4O. The summed E-state index contributed by atoms with van der Waals surface area (Å²) in [5.74, 6) is 0.785. The van der Waals surface area contributed by atoms with Crippen molar-refractivity contribution in [3.63, 3.8) is 0 Å². The van der Waals surface area contributed by atoms with Crippen LogP contribution in [0.5, 0.6) is 0 Å². The molecule has 1 saturated carbocycles. The molecule has 5 heteroatoms. The summed E-state index contributed by atoms with van der Waals surface area (Å²) in [6.45, 7) is 5.42. The second kappa shape index (κ2) is 5.11. The van der Waals surface area contributed by atoms with E-state index in [2.05, 4.69) is 10.00 Å². The SMILES string of the molecule is CCn1nc(C)c(N)c1C(=O)N1CCC2CCCCC21. The van der Waals surface area contributed by atoms with Crippen molar-refractivity contribution in [1.82, 2.24) is 14.7 Å². The lowest BCUT2D eigenvalue weighted by Gasteiger charge is -2.31. The van der Waals surface area contributed by atoms with Gasteiger partial charge in [-0.2, -0.15) is 5.10 Å². The molecule has 1 amide bonds. The van der Waals surface area contributed by atoms with Crippen molar-refractivity contribution in [2.24, 2.45) is 5.92 Å². The quantitative estimate of drug-likeness (QED) is 0.900. The van der Waals surface area contributed by atoms with E-state index >= 15 is 0 Å². The van der Waals surface area contributed by atoms with Crippen LogP contribution in [0.25, 0.3) is 0 Å². The summed E-state index contributed by atoms with van der Waals surface area (Å²) in [6, 6.07) is 0.427. The van der Waals surface area contributed by atoms with Gasteiger partial charge in [0, 0.05) is 19.1 Å². The zero-order chi connectivity index (χ0) is 14.3. The zero-order valence-electron chi connectivity index (χ0n) is 12.4. The Balaban J connectivity index is 1.89. The minimum absolute atomic E-state index is 0.0827. The zero-order valence-corrected chi connectivity index (χ0v) is 12.4. The Hall–Kier alpha value is -1.52. The molecule has 3 rings (SSSR count). The molecular weight excluding hydrogens is 252 g/mol. The Morgan fingerprint density at radius 3 is 2.85 bits per heavy atom. The molecule has 5 nitrogen and oxygen atoms in total. The average Bonchev–Trinajstić information content (AvgIpc) is 3.00.